The number of hydrogen-bond donors (Lipinski definition) is 1. The summed E-state index contributed by atoms with van der Waals surface area (Å²) in [7, 11) is -4.13. The molecule has 1 amide bonds. The molecule has 0 saturated carbocycles. The van der Waals surface area contributed by atoms with E-state index in [2.05, 4.69) is 5.32 Å². The monoisotopic (exact) mass is 456 g/mol. The van der Waals surface area contributed by atoms with Crippen LogP contribution in [-0.2, 0) is 14.8 Å². The minimum atomic E-state index is -4.13. The van der Waals surface area contributed by atoms with Crippen LogP contribution < -0.4 is 14.4 Å². The fourth-order valence-electron chi connectivity index (χ4n) is 3.07. The summed E-state index contributed by atoms with van der Waals surface area (Å²) in [6.45, 7) is 5.74. The van der Waals surface area contributed by atoms with Gasteiger partial charge in [0.2, 0.25) is 5.91 Å². The summed E-state index contributed by atoms with van der Waals surface area (Å²) in [4.78, 5) is 12.7. The predicted octanol–water partition coefficient (Wildman–Crippen LogP) is 4.68. The maximum atomic E-state index is 13.3. The molecule has 0 atom stereocenters. The quantitative estimate of drug-likeness (QED) is 0.534. The first-order chi connectivity index (χ1) is 15.2. The lowest BCUT2D eigenvalue weighted by Crippen LogP contribution is -2.38. The molecule has 8 heteroatoms. The molecule has 32 heavy (non-hydrogen) atoms. The van der Waals surface area contributed by atoms with Gasteiger partial charge in [-0.2, -0.15) is 0 Å². The van der Waals surface area contributed by atoms with Crippen LogP contribution in [0.1, 0.15) is 18.1 Å². The standard InChI is InChI=1S/C24H25FN2O4S/c1-4-31-22-11-9-21(10-12-22)27(32(29,30)23-13-6-19(25)7-14-23)16-24(28)26-20-8-5-17(2)18(3)15-20/h5-15H,4,16H2,1-3H3,(H,26,28). The maximum absolute atomic E-state index is 13.3. The van der Waals surface area contributed by atoms with Gasteiger partial charge in [-0.15, -0.1) is 0 Å². The van der Waals surface area contributed by atoms with Crippen molar-refractivity contribution in [2.75, 3.05) is 22.8 Å². The van der Waals surface area contributed by atoms with Crippen molar-refractivity contribution in [3.63, 3.8) is 0 Å². The molecule has 0 aliphatic heterocycles. The lowest BCUT2D eigenvalue weighted by atomic mass is 10.1. The Balaban J connectivity index is 1.93. The Morgan fingerprint density at radius 1 is 0.969 bits per heavy atom. The van der Waals surface area contributed by atoms with E-state index in [0.717, 1.165) is 27.6 Å². The predicted molar refractivity (Wildman–Crippen MR) is 123 cm³/mol. The number of rotatable bonds is 8. The number of nitrogens with one attached hydrogen (secondary N) is 1. The second-order valence-corrected chi connectivity index (χ2v) is 9.10. The topological polar surface area (TPSA) is 75.7 Å². The van der Waals surface area contributed by atoms with Crippen LogP contribution in [0.4, 0.5) is 15.8 Å². The third-order valence-corrected chi connectivity index (χ3v) is 6.70. The number of carbonyl (C=O) groups excluding carboxylic acids is 1. The summed E-state index contributed by atoms with van der Waals surface area (Å²) in [6.07, 6.45) is 0. The average Bonchev–Trinajstić information content (AvgIpc) is 2.76. The molecule has 0 unspecified atom stereocenters. The van der Waals surface area contributed by atoms with Crippen LogP contribution in [0.3, 0.4) is 0 Å². The van der Waals surface area contributed by atoms with E-state index in [1.165, 1.54) is 12.1 Å². The van der Waals surface area contributed by atoms with Crippen LogP contribution in [0.2, 0.25) is 0 Å². The van der Waals surface area contributed by atoms with Gasteiger partial charge >= 0.3 is 0 Å². The number of hydrogen-bond acceptors (Lipinski definition) is 4. The van der Waals surface area contributed by atoms with Gasteiger partial charge in [0, 0.05) is 5.69 Å². The molecule has 0 aliphatic rings. The Morgan fingerprint density at radius 2 is 1.62 bits per heavy atom. The molecule has 168 valence electrons. The summed E-state index contributed by atoms with van der Waals surface area (Å²) < 4.78 is 46.4. The van der Waals surface area contributed by atoms with Crippen molar-refractivity contribution >= 4 is 27.3 Å². The second-order valence-electron chi connectivity index (χ2n) is 7.24. The van der Waals surface area contributed by atoms with Crippen molar-refractivity contribution in [3.8, 4) is 5.75 Å². The number of halogens is 1. The Morgan fingerprint density at radius 3 is 2.22 bits per heavy atom. The highest BCUT2D eigenvalue weighted by Crippen LogP contribution is 2.26. The lowest BCUT2D eigenvalue weighted by Gasteiger charge is -2.24. The van der Waals surface area contributed by atoms with Gasteiger partial charge in [-0.25, -0.2) is 12.8 Å². The first kappa shape index (κ1) is 23.3. The molecule has 0 radical (unpaired) electrons. The zero-order valence-electron chi connectivity index (χ0n) is 18.1. The number of anilines is 2. The van der Waals surface area contributed by atoms with E-state index in [4.69, 9.17) is 4.74 Å². The summed E-state index contributed by atoms with van der Waals surface area (Å²) in [5, 5.41) is 2.74. The van der Waals surface area contributed by atoms with Gasteiger partial charge in [-0.1, -0.05) is 6.07 Å². The molecular weight excluding hydrogens is 431 g/mol. The van der Waals surface area contributed by atoms with Gasteiger partial charge < -0.3 is 10.1 Å². The van der Waals surface area contributed by atoms with Gasteiger partial charge in [-0.3, -0.25) is 9.10 Å². The molecule has 0 aliphatic carbocycles. The molecule has 0 spiro atoms. The molecule has 0 saturated heterocycles. The Bertz CT molecular complexity index is 1190. The number of ether oxygens (including phenoxy) is 1. The van der Waals surface area contributed by atoms with E-state index in [0.29, 0.717) is 18.0 Å². The van der Waals surface area contributed by atoms with Crippen molar-refractivity contribution < 1.29 is 22.3 Å². The van der Waals surface area contributed by atoms with E-state index < -0.39 is 28.3 Å². The minimum Gasteiger partial charge on any atom is -0.494 e. The normalized spacial score (nSPS) is 11.1. The van der Waals surface area contributed by atoms with Crippen LogP contribution in [0, 0.1) is 19.7 Å². The fourth-order valence-corrected chi connectivity index (χ4v) is 4.50. The van der Waals surface area contributed by atoms with E-state index in [1.54, 1.807) is 30.3 Å². The SMILES string of the molecule is CCOc1ccc(N(CC(=O)Nc2ccc(C)c(C)c2)S(=O)(=O)c2ccc(F)cc2)cc1. The van der Waals surface area contributed by atoms with Gasteiger partial charge in [0.05, 0.1) is 17.2 Å². The van der Waals surface area contributed by atoms with Crippen LogP contribution >= 0.6 is 0 Å². The summed E-state index contributed by atoms with van der Waals surface area (Å²) in [5.41, 5.74) is 2.94. The highest BCUT2D eigenvalue weighted by Gasteiger charge is 2.27. The van der Waals surface area contributed by atoms with Gasteiger partial charge in [-0.05, 0) is 92.6 Å². The zero-order chi connectivity index (χ0) is 23.3. The largest absolute Gasteiger partial charge is 0.494 e. The third kappa shape index (κ3) is 5.45. The fraction of sp³-hybridized carbons (Fsp3) is 0.208. The number of carbonyl (C=O) groups is 1. The Kier molecular flexibility index (Phi) is 7.15. The molecule has 0 heterocycles. The molecule has 0 bridgehead atoms. The van der Waals surface area contributed by atoms with Crippen LogP contribution in [0.15, 0.2) is 71.6 Å². The minimum absolute atomic E-state index is 0.119. The van der Waals surface area contributed by atoms with E-state index >= 15 is 0 Å². The van der Waals surface area contributed by atoms with Crippen LogP contribution in [0.5, 0.6) is 5.75 Å². The van der Waals surface area contributed by atoms with Crippen molar-refractivity contribution in [2.24, 2.45) is 0 Å². The number of nitrogens with zero attached hydrogens (tertiary/aromatic N) is 1. The summed E-state index contributed by atoms with van der Waals surface area (Å²) >= 11 is 0. The summed E-state index contributed by atoms with van der Waals surface area (Å²) in [6, 6.07) is 16.3. The van der Waals surface area contributed by atoms with Crippen molar-refractivity contribution in [1.82, 2.24) is 0 Å². The molecule has 1 N–H and O–H groups in total. The van der Waals surface area contributed by atoms with Crippen LogP contribution in [-0.4, -0.2) is 27.5 Å². The first-order valence-corrected chi connectivity index (χ1v) is 11.5. The zero-order valence-corrected chi connectivity index (χ0v) is 18.9. The highest BCUT2D eigenvalue weighted by atomic mass is 32.2. The Labute approximate surface area is 187 Å². The first-order valence-electron chi connectivity index (χ1n) is 10.1. The molecule has 3 aromatic carbocycles. The molecule has 3 rings (SSSR count). The third-order valence-electron chi connectivity index (χ3n) is 4.92. The van der Waals surface area contributed by atoms with E-state index in [-0.39, 0.29) is 10.6 Å². The maximum Gasteiger partial charge on any atom is 0.264 e. The number of amides is 1. The second kappa shape index (κ2) is 9.82. The molecule has 0 aromatic heterocycles. The average molecular weight is 457 g/mol. The number of aryl methyl sites for hydroxylation is 2. The number of benzene rings is 3. The Hall–Kier alpha value is -3.39. The van der Waals surface area contributed by atoms with E-state index in [1.807, 2.05) is 32.9 Å². The number of sulfonamides is 1. The van der Waals surface area contributed by atoms with Gasteiger partial charge in [0.25, 0.3) is 10.0 Å². The molecular formula is C24H25FN2O4S. The van der Waals surface area contributed by atoms with E-state index in [9.17, 15) is 17.6 Å². The summed E-state index contributed by atoms with van der Waals surface area (Å²) in [5.74, 6) is -0.480. The van der Waals surface area contributed by atoms with Gasteiger partial charge in [0.15, 0.2) is 0 Å². The molecule has 6 nitrogen and oxygen atoms in total. The molecule has 0 fully saturated rings. The van der Waals surface area contributed by atoms with Crippen molar-refractivity contribution in [3.05, 3.63) is 83.7 Å². The molecule has 3 aromatic rings. The lowest BCUT2D eigenvalue weighted by molar-refractivity contribution is -0.114. The van der Waals surface area contributed by atoms with Crippen molar-refractivity contribution in [2.45, 2.75) is 25.7 Å². The van der Waals surface area contributed by atoms with Crippen LogP contribution in [0.25, 0.3) is 0 Å². The highest BCUT2D eigenvalue weighted by molar-refractivity contribution is 7.92. The van der Waals surface area contributed by atoms with Gasteiger partial charge in [0.1, 0.15) is 18.1 Å². The smallest absolute Gasteiger partial charge is 0.264 e. The van der Waals surface area contributed by atoms with Crippen molar-refractivity contribution in [1.29, 1.82) is 0 Å².